The molecule has 5 aromatic rings. The number of anilines is 1. The lowest BCUT2D eigenvalue weighted by Gasteiger charge is -2.27. The number of hydrogen-bond acceptors (Lipinski definition) is 10. The number of amides is 4. The molecule has 1 saturated heterocycles. The molecule has 2 aliphatic rings. The second-order valence-electron chi connectivity index (χ2n) is 11.1. The quantitative estimate of drug-likeness (QED) is 0.139. The molecule has 48 heavy (non-hydrogen) atoms. The average Bonchev–Trinajstić information content (AvgIpc) is 3.63. The van der Waals surface area contributed by atoms with Gasteiger partial charge in [-0.25, -0.2) is 4.98 Å². The highest BCUT2D eigenvalue weighted by atomic mass is 16.5. The van der Waals surface area contributed by atoms with E-state index >= 15 is 0 Å². The second kappa shape index (κ2) is 13.8. The monoisotopic (exact) mass is 647 g/mol. The maximum absolute atomic E-state index is 13.0. The predicted molar refractivity (Wildman–Crippen MR) is 177 cm³/mol. The average molecular weight is 648 g/mol. The molecule has 0 aliphatic carbocycles. The van der Waals surface area contributed by atoms with Crippen LogP contribution in [-0.2, 0) is 14.3 Å². The third-order valence-electron chi connectivity index (χ3n) is 8.02. The van der Waals surface area contributed by atoms with Gasteiger partial charge in [0.1, 0.15) is 24.2 Å². The van der Waals surface area contributed by atoms with Crippen molar-refractivity contribution in [3.8, 4) is 28.3 Å². The lowest BCUT2D eigenvalue weighted by Crippen LogP contribution is -2.54. The SMILES string of the molecule is C.O=C1CCC(N2C(=O)c3ccc(OCCOCCNc4ccc(-c5ccc(-c6cc7ccncc7[nH]6)nc5)cn4)cc3C2=O)C(=O)N1. The molecule has 1 fully saturated rings. The smallest absolute Gasteiger partial charge is 0.262 e. The number of nitrogens with zero attached hydrogens (tertiary/aromatic N) is 4. The number of H-pyrrole nitrogens is 1. The van der Waals surface area contributed by atoms with Gasteiger partial charge in [0.2, 0.25) is 11.8 Å². The molecule has 13 heteroatoms. The number of fused-ring (bicyclic) bond motifs is 2. The number of benzene rings is 1. The van der Waals surface area contributed by atoms with Crippen LogP contribution in [-0.4, -0.2) is 80.9 Å². The second-order valence-corrected chi connectivity index (χ2v) is 11.1. The Bertz CT molecular complexity index is 1960. The minimum atomic E-state index is -1.01. The van der Waals surface area contributed by atoms with E-state index in [9.17, 15) is 19.2 Å². The molecule has 0 radical (unpaired) electrons. The van der Waals surface area contributed by atoms with E-state index in [-0.39, 0.29) is 38.0 Å². The van der Waals surface area contributed by atoms with Crippen molar-refractivity contribution in [1.82, 2.24) is 30.2 Å². The molecule has 1 unspecified atom stereocenters. The van der Waals surface area contributed by atoms with Gasteiger partial charge in [-0.05, 0) is 55.0 Å². The summed E-state index contributed by atoms with van der Waals surface area (Å²) in [7, 11) is 0. The van der Waals surface area contributed by atoms with Gasteiger partial charge in [0.15, 0.2) is 0 Å². The highest BCUT2D eigenvalue weighted by molar-refractivity contribution is 6.23. The molecule has 0 bridgehead atoms. The predicted octanol–water partition coefficient (Wildman–Crippen LogP) is 4.23. The van der Waals surface area contributed by atoms with Crippen LogP contribution >= 0.6 is 0 Å². The van der Waals surface area contributed by atoms with Crippen LogP contribution in [0.3, 0.4) is 0 Å². The van der Waals surface area contributed by atoms with Gasteiger partial charge in [-0.2, -0.15) is 0 Å². The van der Waals surface area contributed by atoms with E-state index in [1.807, 2.05) is 36.5 Å². The molecule has 7 rings (SSSR count). The molecule has 3 N–H and O–H groups in total. The molecule has 4 aromatic heterocycles. The number of rotatable bonds is 11. The normalized spacial score (nSPS) is 15.7. The number of pyridine rings is 3. The maximum atomic E-state index is 13.0. The molecule has 1 atom stereocenters. The Morgan fingerprint density at radius 1 is 0.854 bits per heavy atom. The van der Waals surface area contributed by atoms with Gasteiger partial charge in [-0.1, -0.05) is 13.5 Å². The minimum absolute atomic E-state index is 0. The number of carbonyl (C=O) groups excluding carboxylic acids is 4. The Kier molecular flexibility index (Phi) is 9.21. The number of ether oxygens (including phenoxy) is 2. The van der Waals surface area contributed by atoms with Crippen LogP contribution in [0.4, 0.5) is 5.82 Å². The fourth-order valence-corrected chi connectivity index (χ4v) is 5.61. The number of aromatic amines is 1. The molecule has 0 saturated carbocycles. The molecular formula is C35H33N7O6. The van der Waals surface area contributed by atoms with Crippen LogP contribution in [0.2, 0.25) is 0 Å². The topological polar surface area (TPSA) is 168 Å². The Hall–Kier alpha value is -5.95. The fourth-order valence-electron chi connectivity index (χ4n) is 5.61. The summed E-state index contributed by atoms with van der Waals surface area (Å²) in [5.41, 5.74) is 5.02. The number of imide groups is 2. The minimum Gasteiger partial charge on any atom is -0.491 e. The first-order valence-corrected chi connectivity index (χ1v) is 15.1. The summed E-state index contributed by atoms with van der Waals surface area (Å²) in [6.45, 7) is 1.49. The number of hydrogen-bond donors (Lipinski definition) is 3. The van der Waals surface area contributed by atoms with Crippen molar-refractivity contribution in [3.63, 3.8) is 0 Å². The summed E-state index contributed by atoms with van der Waals surface area (Å²) in [5.74, 6) is -1.08. The molecule has 13 nitrogen and oxygen atoms in total. The van der Waals surface area contributed by atoms with Crippen molar-refractivity contribution < 1.29 is 28.7 Å². The van der Waals surface area contributed by atoms with Crippen molar-refractivity contribution >= 4 is 40.3 Å². The van der Waals surface area contributed by atoms with E-state index in [0.717, 1.165) is 38.3 Å². The molecular weight excluding hydrogens is 614 g/mol. The maximum Gasteiger partial charge on any atom is 0.262 e. The third kappa shape index (κ3) is 6.48. The van der Waals surface area contributed by atoms with E-state index < -0.39 is 29.7 Å². The summed E-state index contributed by atoms with van der Waals surface area (Å²) < 4.78 is 11.4. The summed E-state index contributed by atoms with van der Waals surface area (Å²) in [5, 5.41) is 6.50. The van der Waals surface area contributed by atoms with E-state index in [0.29, 0.717) is 31.3 Å². The van der Waals surface area contributed by atoms with Gasteiger partial charge >= 0.3 is 0 Å². The molecule has 2 aliphatic heterocycles. The summed E-state index contributed by atoms with van der Waals surface area (Å²) in [4.78, 5) is 67.0. The zero-order chi connectivity index (χ0) is 32.3. The van der Waals surface area contributed by atoms with E-state index in [1.165, 1.54) is 12.1 Å². The number of carbonyl (C=O) groups is 4. The molecule has 1 aromatic carbocycles. The van der Waals surface area contributed by atoms with E-state index in [4.69, 9.17) is 9.47 Å². The summed E-state index contributed by atoms with van der Waals surface area (Å²) in [6, 6.07) is 15.5. The van der Waals surface area contributed by atoms with Crippen LogP contribution in [0.25, 0.3) is 33.4 Å². The van der Waals surface area contributed by atoms with E-state index in [1.54, 1.807) is 24.7 Å². The third-order valence-corrected chi connectivity index (χ3v) is 8.02. The Morgan fingerprint density at radius 2 is 1.67 bits per heavy atom. The lowest BCUT2D eigenvalue weighted by atomic mass is 10.0. The molecule has 4 amide bonds. The molecule has 244 valence electrons. The van der Waals surface area contributed by atoms with Crippen LogP contribution in [0.1, 0.15) is 41.0 Å². The van der Waals surface area contributed by atoms with Crippen LogP contribution < -0.4 is 15.4 Å². The van der Waals surface area contributed by atoms with Gasteiger partial charge in [-0.3, -0.25) is 39.4 Å². The standard InChI is InChI=1S/C34H29N7O6.CH4/c42-31-8-6-29(32(43)40-31)41-33(44)24-4-3-23(16-25(24)34(41)45)47-14-13-46-12-11-36-30-7-2-22(18-38-30)21-1-5-26(37-17-21)27-15-20-9-10-35-19-28(20)39-27;/h1-5,7,9-10,15-19,29,39H,6,8,11-14H2,(H,36,38)(H,40,42,43);1H4. The first-order valence-electron chi connectivity index (χ1n) is 15.1. The van der Waals surface area contributed by atoms with Crippen LogP contribution in [0, 0.1) is 0 Å². The number of nitrogens with one attached hydrogen (secondary N) is 3. The number of aromatic nitrogens is 4. The number of piperidine rings is 1. The Balaban J connectivity index is 0.00000401. The molecule has 0 spiro atoms. The van der Waals surface area contributed by atoms with Gasteiger partial charge in [0.05, 0.1) is 47.4 Å². The summed E-state index contributed by atoms with van der Waals surface area (Å²) in [6.07, 6.45) is 7.35. The van der Waals surface area contributed by atoms with Crippen molar-refractivity contribution in [2.75, 3.05) is 31.7 Å². The highest BCUT2D eigenvalue weighted by Crippen LogP contribution is 2.30. The highest BCUT2D eigenvalue weighted by Gasteiger charge is 2.44. The van der Waals surface area contributed by atoms with Gasteiger partial charge in [-0.15, -0.1) is 0 Å². The first-order chi connectivity index (χ1) is 22.9. The van der Waals surface area contributed by atoms with Gasteiger partial charge in [0.25, 0.3) is 11.8 Å². The Labute approximate surface area is 275 Å². The zero-order valence-corrected chi connectivity index (χ0v) is 25.1. The van der Waals surface area contributed by atoms with Crippen molar-refractivity contribution in [2.24, 2.45) is 0 Å². The van der Waals surface area contributed by atoms with Gasteiger partial charge in [0, 0.05) is 48.1 Å². The van der Waals surface area contributed by atoms with Crippen LogP contribution in [0.5, 0.6) is 5.75 Å². The zero-order valence-electron chi connectivity index (χ0n) is 25.1. The van der Waals surface area contributed by atoms with Crippen molar-refractivity contribution in [1.29, 1.82) is 0 Å². The summed E-state index contributed by atoms with van der Waals surface area (Å²) >= 11 is 0. The van der Waals surface area contributed by atoms with Crippen LogP contribution in [0.15, 0.2) is 79.4 Å². The Morgan fingerprint density at radius 3 is 2.42 bits per heavy atom. The van der Waals surface area contributed by atoms with Crippen molar-refractivity contribution in [3.05, 3.63) is 90.5 Å². The van der Waals surface area contributed by atoms with Gasteiger partial charge < -0.3 is 19.8 Å². The molecule has 6 heterocycles. The van der Waals surface area contributed by atoms with E-state index in [2.05, 4.69) is 36.6 Å². The fraction of sp³-hybridized carbons (Fsp3) is 0.229. The largest absolute Gasteiger partial charge is 0.491 e. The first kappa shape index (κ1) is 32.0. The van der Waals surface area contributed by atoms with Crippen molar-refractivity contribution in [2.45, 2.75) is 26.3 Å². The lowest BCUT2D eigenvalue weighted by molar-refractivity contribution is -0.136.